The molecule has 2 heterocycles. The third-order valence-corrected chi connectivity index (χ3v) is 3.14. The van der Waals surface area contributed by atoms with Crippen LogP contribution in [0.2, 0.25) is 0 Å². The van der Waals surface area contributed by atoms with E-state index >= 15 is 0 Å². The van der Waals surface area contributed by atoms with Crippen LogP contribution in [0.4, 0.5) is 0 Å². The molecule has 0 spiro atoms. The summed E-state index contributed by atoms with van der Waals surface area (Å²) >= 11 is 0. The van der Waals surface area contributed by atoms with E-state index in [2.05, 4.69) is 48.1 Å². The molecule has 1 aromatic heterocycles. The van der Waals surface area contributed by atoms with Crippen molar-refractivity contribution < 1.29 is 4.52 Å². The molecule has 0 aromatic carbocycles. The lowest BCUT2D eigenvalue weighted by atomic mass is 9.97. The van der Waals surface area contributed by atoms with Crippen molar-refractivity contribution in [1.82, 2.24) is 20.4 Å². The maximum Gasteiger partial charge on any atom is 0.232 e. The topological polar surface area (TPSA) is 54.2 Å². The highest BCUT2D eigenvalue weighted by molar-refractivity contribution is 4.99. The SMILES string of the molecule is CCN(Cc1noc(C(C)(C)C)n1)C1CNC1. The van der Waals surface area contributed by atoms with Gasteiger partial charge in [0.05, 0.1) is 6.54 Å². The van der Waals surface area contributed by atoms with Crippen LogP contribution < -0.4 is 5.32 Å². The van der Waals surface area contributed by atoms with E-state index in [1.807, 2.05) is 0 Å². The van der Waals surface area contributed by atoms with Gasteiger partial charge in [-0.3, -0.25) is 4.90 Å². The lowest BCUT2D eigenvalue weighted by molar-refractivity contribution is 0.140. The van der Waals surface area contributed by atoms with Gasteiger partial charge in [-0.15, -0.1) is 0 Å². The number of nitrogens with one attached hydrogen (secondary N) is 1. The number of aromatic nitrogens is 2. The van der Waals surface area contributed by atoms with E-state index in [0.717, 1.165) is 37.9 Å². The van der Waals surface area contributed by atoms with Gasteiger partial charge in [0.25, 0.3) is 0 Å². The molecule has 1 aliphatic rings. The molecule has 0 amide bonds. The summed E-state index contributed by atoms with van der Waals surface area (Å²) < 4.78 is 5.30. The molecule has 0 saturated carbocycles. The molecule has 5 heteroatoms. The fraction of sp³-hybridized carbons (Fsp3) is 0.833. The van der Waals surface area contributed by atoms with Crippen LogP contribution in [-0.4, -0.2) is 40.7 Å². The van der Waals surface area contributed by atoms with E-state index in [0.29, 0.717) is 6.04 Å². The Morgan fingerprint density at radius 2 is 2.12 bits per heavy atom. The molecule has 1 aromatic rings. The van der Waals surface area contributed by atoms with Gasteiger partial charge in [-0.05, 0) is 6.54 Å². The van der Waals surface area contributed by atoms with Crippen LogP contribution in [0, 0.1) is 0 Å². The second-order valence-corrected chi connectivity index (χ2v) is 5.64. The fourth-order valence-electron chi connectivity index (χ4n) is 1.84. The molecule has 0 aliphatic carbocycles. The van der Waals surface area contributed by atoms with Gasteiger partial charge in [0.1, 0.15) is 0 Å². The minimum Gasteiger partial charge on any atom is -0.339 e. The van der Waals surface area contributed by atoms with Crippen LogP contribution in [0.5, 0.6) is 0 Å². The Bertz CT molecular complexity index is 365. The number of hydrogen-bond acceptors (Lipinski definition) is 5. The van der Waals surface area contributed by atoms with E-state index in [4.69, 9.17) is 4.52 Å². The molecule has 0 unspecified atom stereocenters. The van der Waals surface area contributed by atoms with Crippen LogP contribution >= 0.6 is 0 Å². The van der Waals surface area contributed by atoms with Crippen molar-refractivity contribution in [3.63, 3.8) is 0 Å². The summed E-state index contributed by atoms with van der Waals surface area (Å²) in [7, 11) is 0. The van der Waals surface area contributed by atoms with Gasteiger partial charge in [-0.25, -0.2) is 0 Å². The molecule has 0 atom stereocenters. The van der Waals surface area contributed by atoms with Crippen molar-refractivity contribution in [3.05, 3.63) is 11.7 Å². The molecule has 2 rings (SSSR count). The summed E-state index contributed by atoms with van der Waals surface area (Å²) in [5.74, 6) is 1.51. The van der Waals surface area contributed by atoms with Gasteiger partial charge < -0.3 is 9.84 Å². The molecule has 96 valence electrons. The third-order valence-electron chi connectivity index (χ3n) is 3.14. The van der Waals surface area contributed by atoms with Crippen LogP contribution in [0.15, 0.2) is 4.52 Å². The van der Waals surface area contributed by atoms with E-state index in [9.17, 15) is 0 Å². The van der Waals surface area contributed by atoms with Crippen molar-refractivity contribution in [2.24, 2.45) is 0 Å². The van der Waals surface area contributed by atoms with Crippen molar-refractivity contribution in [3.8, 4) is 0 Å². The monoisotopic (exact) mass is 238 g/mol. The average molecular weight is 238 g/mol. The normalized spacial score (nSPS) is 17.5. The first kappa shape index (κ1) is 12.5. The number of nitrogens with zero attached hydrogens (tertiary/aromatic N) is 3. The molecule has 1 fully saturated rings. The molecule has 5 nitrogen and oxygen atoms in total. The zero-order valence-electron chi connectivity index (χ0n) is 11.2. The van der Waals surface area contributed by atoms with Gasteiger partial charge in [0.2, 0.25) is 5.89 Å². The first-order chi connectivity index (χ1) is 8.00. The van der Waals surface area contributed by atoms with Gasteiger partial charge in [0.15, 0.2) is 5.82 Å². The maximum absolute atomic E-state index is 5.30. The summed E-state index contributed by atoms with van der Waals surface area (Å²) in [4.78, 5) is 6.85. The van der Waals surface area contributed by atoms with Crippen molar-refractivity contribution in [1.29, 1.82) is 0 Å². The quantitative estimate of drug-likeness (QED) is 0.853. The van der Waals surface area contributed by atoms with Gasteiger partial charge in [0, 0.05) is 24.5 Å². The molecule has 1 N–H and O–H groups in total. The number of likely N-dealkylation sites (N-methyl/N-ethyl adjacent to an activating group) is 1. The van der Waals surface area contributed by atoms with Crippen molar-refractivity contribution in [2.75, 3.05) is 19.6 Å². The zero-order chi connectivity index (χ0) is 12.5. The zero-order valence-corrected chi connectivity index (χ0v) is 11.2. The van der Waals surface area contributed by atoms with Crippen LogP contribution in [0.3, 0.4) is 0 Å². The minimum absolute atomic E-state index is 0.0691. The molecule has 1 aliphatic heterocycles. The Morgan fingerprint density at radius 1 is 1.41 bits per heavy atom. The van der Waals surface area contributed by atoms with E-state index in [-0.39, 0.29) is 5.41 Å². The Balaban J connectivity index is 2.00. The van der Waals surface area contributed by atoms with Crippen molar-refractivity contribution in [2.45, 2.75) is 45.7 Å². The van der Waals surface area contributed by atoms with Gasteiger partial charge >= 0.3 is 0 Å². The molecular formula is C12H22N4O. The Kier molecular flexibility index (Phi) is 3.49. The predicted octanol–water partition coefficient (Wildman–Crippen LogP) is 1.16. The Morgan fingerprint density at radius 3 is 2.53 bits per heavy atom. The molecule has 17 heavy (non-hydrogen) atoms. The van der Waals surface area contributed by atoms with E-state index < -0.39 is 0 Å². The molecule has 1 saturated heterocycles. The maximum atomic E-state index is 5.30. The van der Waals surface area contributed by atoms with Crippen LogP contribution in [0.1, 0.15) is 39.4 Å². The highest BCUT2D eigenvalue weighted by Crippen LogP contribution is 2.20. The van der Waals surface area contributed by atoms with Gasteiger partial charge in [-0.1, -0.05) is 32.9 Å². The summed E-state index contributed by atoms with van der Waals surface area (Å²) in [6.45, 7) is 12.3. The summed E-state index contributed by atoms with van der Waals surface area (Å²) in [5.41, 5.74) is -0.0691. The largest absolute Gasteiger partial charge is 0.339 e. The summed E-state index contributed by atoms with van der Waals surface area (Å²) in [6, 6.07) is 0.622. The minimum atomic E-state index is -0.0691. The number of rotatable bonds is 4. The first-order valence-corrected chi connectivity index (χ1v) is 6.28. The predicted molar refractivity (Wildman–Crippen MR) is 65.7 cm³/mol. The van der Waals surface area contributed by atoms with Gasteiger partial charge in [-0.2, -0.15) is 4.98 Å². The number of hydrogen-bond donors (Lipinski definition) is 1. The smallest absolute Gasteiger partial charge is 0.232 e. The standard InChI is InChI=1S/C12H22N4O/c1-5-16(9-6-13-7-9)8-10-14-11(17-15-10)12(2,3)4/h9,13H,5-8H2,1-4H3. The Labute approximate surface area is 103 Å². The average Bonchev–Trinajstić information content (AvgIpc) is 2.61. The highest BCUT2D eigenvalue weighted by Gasteiger charge is 2.26. The van der Waals surface area contributed by atoms with Crippen LogP contribution in [0.25, 0.3) is 0 Å². The fourth-order valence-corrected chi connectivity index (χ4v) is 1.84. The van der Waals surface area contributed by atoms with E-state index in [1.165, 1.54) is 0 Å². The van der Waals surface area contributed by atoms with Crippen LogP contribution in [-0.2, 0) is 12.0 Å². The lowest BCUT2D eigenvalue weighted by Gasteiger charge is -2.36. The molecular weight excluding hydrogens is 216 g/mol. The second-order valence-electron chi connectivity index (χ2n) is 5.64. The molecule has 0 bridgehead atoms. The van der Waals surface area contributed by atoms with Crippen molar-refractivity contribution >= 4 is 0 Å². The Hall–Kier alpha value is -0.940. The van der Waals surface area contributed by atoms with E-state index in [1.54, 1.807) is 0 Å². The second kappa shape index (κ2) is 4.74. The summed E-state index contributed by atoms with van der Waals surface area (Å²) in [5, 5.41) is 7.35. The lowest BCUT2D eigenvalue weighted by Crippen LogP contribution is -2.56. The first-order valence-electron chi connectivity index (χ1n) is 6.28. The highest BCUT2D eigenvalue weighted by atomic mass is 16.5. The third kappa shape index (κ3) is 2.84. The molecule has 0 radical (unpaired) electrons. The summed E-state index contributed by atoms with van der Waals surface area (Å²) in [6.07, 6.45) is 0.